The lowest BCUT2D eigenvalue weighted by Gasteiger charge is -2.20. The van der Waals surface area contributed by atoms with Crippen molar-refractivity contribution in [1.82, 2.24) is 21.3 Å². The minimum atomic E-state index is -0.494. The van der Waals surface area contributed by atoms with E-state index < -0.39 is 12.1 Å². The van der Waals surface area contributed by atoms with Gasteiger partial charge in [-0.15, -0.1) is 0 Å². The Hall–Kier alpha value is -1.42. The molecule has 0 heterocycles. The molecule has 0 saturated heterocycles. The molecule has 4 N–H and O–H groups in total. The number of hydrogen-bond acceptors (Lipinski definition) is 6. The van der Waals surface area contributed by atoms with Crippen molar-refractivity contribution in [2.75, 3.05) is 24.6 Å². The van der Waals surface area contributed by atoms with Crippen LogP contribution in [0.1, 0.15) is 52.9 Å². The van der Waals surface area contributed by atoms with E-state index in [9.17, 15) is 19.2 Å². The molecule has 6 amide bonds. The van der Waals surface area contributed by atoms with Crippen LogP contribution < -0.4 is 21.3 Å². The van der Waals surface area contributed by atoms with Crippen LogP contribution in [-0.4, -0.2) is 48.5 Å². The SMILES string of the molecule is CC(C)(C)CNC(=O)NC(=O)CSSCCNC(=O)NC(=O)C1CCCCC1. The predicted molar refractivity (Wildman–Crippen MR) is 114 cm³/mol. The van der Waals surface area contributed by atoms with E-state index in [0.29, 0.717) is 18.8 Å². The first-order valence-electron chi connectivity index (χ1n) is 9.58. The lowest BCUT2D eigenvalue weighted by molar-refractivity contribution is -0.124. The molecule has 1 rings (SSSR count). The van der Waals surface area contributed by atoms with Gasteiger partial charge in [-0.05, 0) is 18.3 Å². The highest BCUT2D eigenvalue weighted by molar-refractivity contribution is 8.76. The number of urea groups is 2. The second-order valence-corrected chi connectivity index (χ2v) is 10.5. The summed E-state index contributed by atoms with van der Waals surface area (Å²) >= 11 is 0. The Kier molecular flexibility index (Phi) is 11.4. The molecule has 160 valence electrons. The Balaban J connectivity index is 2.02. The largest absolute Gasteiger partial charge is 0.337 e. The van der Waals surface area contributed by atoms with Gasteiger partial charge in [0.15, 0.2) is 0 Å². The summed E-state index contributed by atoms with van der Waals surface area (Å²) in [5.41, 5.74) is -0.0503. The lowest BCUT2D eigenvalue weighted by Crippen LogP contribution is -2.43. The number of hydrogen-bond donors (Lipinski definition) is 4. The second kappa shape index (κ2) is 12.9. The van der Waals surface area contributed by atoms with E-state index in [0.717, 1.165) is 32.1 Å². The average Bonchev–Trinajstić information content (AvgIpc) is 2.63. The lowest BCUT2D eigenvalue weighted by atomic mass is 9.89. The first kappa shape index (κ1) is 24.6. The van der Waals surface area contributed by atoms with Crippen LogP contribution in [-0.2, 0) is 9.59 Å². The molecule has 0 atom stereocenters. The number of nitrogens with one attached hydrogen (secondary N) is 4. The Morgan fingerprint density at radius 1 is 0.893 bits per heavy atom. The van der Waals surface area contributed by atoms with Gasteiger partial charge in [0.25, 0.3) is 0 Å². The third-order valence-corrected chi connectivity index (χ3v) is 6.26. The van der Waals surface area contributed by atoms with Crippen molar-refractivity contribution in [2.24, 2.45) is 11.3 Å². The van der Waals surface area contributed by atoms with Crippen molar-refractivity contribution in [3.63, 3.8) is 0 Å². The molecule has 0 unspecified atom stereocenters. The Morgan fingerprint density at radius 2 is 1.54 bits per heavy atom. The fourth-order valence-electron chi connectivity index (χ4n) is 2.54. The van der Waals surface area contributed by atoms with E-state index in [-0.39, 0.29) is 28.9 Å². The van der Waals surface area contributed by atoms with Gasteiger partial charge in [0.2, 0.25) is 11.8 Å². The van der Waals surface area contributed by atoms with E-state index in [4.69, 9.17) is 0 Å². The van der Waals surface area contributed by atoms with E-state index >= 15 is 0 Å². The van der Waals surface area contributed by atoms with Gasteiger partial charge in [-0.25, -0.2) is 9.59 Å². The molecule has 1 saturated carbocycles. The van der Waals surface area contributed by atoms with Gasteiger partial charge < -0.3 is 10.6 Å². The van der Waals surface area contributed by atoms with Crippen molar-refractivity contribution in [3.05, 3.63) is 0 Å². The smallest absolute Gasteiger partial charge is 0.321 e. The minimum absolute atomic E-state index is 0.0503. The van der Waals surface area contributed by atoms with Crippen molar-refractivity contribution in [2.45, 2.75) is 52.9 Å². The van der Waals surface area contributed by atoms with Gasteiger partial charge in [0.05, 0.1) is 5.75 Å². The zero-order valence-corrected chi connectivity index (χ0v) is 18.5. The van der Waals surface area contributed by atoms with Gasteiger partial charge in [-0.1, -0.05) is 61.6 Å². The fraction of sp³-hybridized carbons (Fsp3) is 0.778. The molecule has 8 nitrogen and oxygen atoms in total. The fourth-order valence-corrected chi connectivity index (χ4v) is 4.28. The molecule has 0 aromatic carbocycles. The van der Waals surface area contributed by atoms with Crippen LogP contribution in [0.25, 0.3) is 0 Å². The number of imide groups is 2. The van der Waals surface area contributed by atoms with Crippen LogP contribution in [0.3, 0.4) is 0 Å². The highest BCUT2D eigenvalue weighted by atomic mass is 33.1. The third-order valence-electron chi connectivity index (χ3n) is 3.99. The molecule has 0 bridgehead atoms. The quantitative estimate of drug-likeness (QED) is 0.346. The normalized spacial score (nSPS) is 14.8. The molecule has 0 aliphatic heterocycles. The van der Waals surface area contributed by atoms with Crippen molar-refractivity contribution in [1.29, 1.82) is 0 Å². The topological polar surface area (TPSA) is 116 Å². The molecule has 1 aliphatic rings. The maximum absolute atomic E-state index is 11.9. The Bertz CT molecular complexity index is 546. The maximum atomic E-state index is 11.9. The monoisotopic (exact) mass is 432 g/mol. The van der Waals surface area contributed by atoms with Gasteiger partial charge >= 0.3 is 12.1 Å². The van der Waals surface area contributed by atoms with E-state index in [2.05, 4.69) is 21.3 Å². The maximum Gasteiger partial charge on any atom is 0.321 e. The molecule has 1 fully saturated rings. The highest BCUT2D eigenvalue weighted by Gasteiger charge is 2.22. The summed E-state index contributed by atoms with van der Waals surface area (Å²) in [7, 11) is 2.71. The number of rotatable bonds is 8. The molecular formula is C18H32N4O4S2. The Morgan fingerprint density at radius 3 is 2.18 bits per heavy atom. The molecule has 0 radical (unpaired) electrons. The van der Waals surface area contributed by atoms with E-state index in [1.807, 2.05) is 20.8 Å². The second-order valence-electron chi connectivity index (χ2n) is 7.96. The van der Waals surface area contributed by atoms with Crippen LogP contribution in [0.2, 0.25) is 0 Å². The van der Waals surface area contributed by atoms with Gasteiger partial charge in [0.1, 0.15) is 0 Å². The molecule has 0 aromatic rings. The zero-order valence-electron chi connectivity index (χ0n) is 16.9. The first-order chi connectivity index (χ1) is 13.2. The number of carbonyl (C=O) groups excluding carboxylic acids is 4. The third kappa shape index (κ3) is 12.1. The minimum Gasteiger partial charge on any atom is -0.337 e. The summed E-state index contributed by atoms with van der Waals surface area (Å²) < 4.78 is 0. The molecule has 28 heavy (non-hydrogen) atoms. The summed E-state index contributed by atoms with van der Waals surface area (Å²) in [4.78, 5) is 46.9. The summed E-state index contributed by atoms with van der Waals surface area (Å²) in [5, 5.41) is 9.94. The molecule has 0 aromatic heterocycles. The summed E-state index contributed by atoms with van der Waals surface area (Å²) in [6, 6.07) is -0.971. The highest BCUT2D eigenvalue weighted by Crippen LogP contribution is 2.23. The first-order valence-corrected chi connectivity index (χ1v) is 12.1. The molecule has 10 heteroatoms. The van der Waals surface area contributed by atoms with E-state index in [1.165, 1.54) is 21.6 Å². The van der Waals surface area contributed by atoms with Crippen LogP contribution in [0.15, 0.2) is 0 Å². The zero-order chi connectivity index (χ0) is 21.0. The van der Waals surface area contributed by atoms with E-state index in [1.54, 1.807) is 0 Å². The standard InChI is InChI=1S/C18H32N4O4S2/c1-18(2,3)12-20-17(26)21-14(23)11-28-27-10-9-19-16(25)22-15(24)13-7-5-4-6-8-13/h13H,4-12H2,1-3H3,(H2,19,22,24,25)(H2,20,21,23,26). The van der Waals surface area contributed by atoms with Gasteiger partial charge in [0, 0.05) is 24.8 Å². The van der Waals surface area contributed by atoms with Crippen molar-refractivity contribution < 1.29 is 19.2 Å². The van der Waals surface area contributed by atoms with Crippen molar-refractivity contribution >= 4 is 45.5 Å². The summed E-state index contributed by atoms with van der Waals surface area (Å²) in [5.74, 6) is 0.107. The summed E-state index contributed by atoms with van der Waals surface area (Å²) in [6.07, 6.45) is 4.94. The number of carbonyl (C=O) groups is 4. The molecule has 0 spiro atoms. The van der Waals surface area contributed by atoms with Crippen LogP contribution in [0, 0.1) is 11.3 Å². The summed E-state index contributed by atoms with van der Waals surface area (Å²) in [6.45, 7) is 6.82. The molecule has 1 aliphatic carbocycles. The average molecular weight is 433 g/mol. The number of amides is 6. The van der Waals surface area contributed by atoms with Gasteiger partial charge in [-0.2, -0.15) is 0 Å². The van der Waals surface area contributed by atoms with Crippen LogP contribution in [0.5, 0.6) is 0 Å². The molecular weight excluding hydrogens is 400 g/mol. The van der Waals surface area contributed by atoms with Crippen LogP contribution in [0.4, 0.5) is 9.59 Å². The Labute approximate surface area is 174 Å². The van der Waals surface area contributed by atoms with Crippen LogP contribution >= 0.6 is 21.6 Å². The van der Waals surface area contributed by atoms with Crippen molar-refractivity contribution in [3.8, 4) is 0 Å². The van der Waals surface area contributed by atoms with Gasteiger partial charge in [-0.3, -0.25) is 20.2 Å². The predicted octanol–water partition coefficient (Wildman–Crippen LogP) is 2.65.